The molecule has 1 aromatic carbocycles. The summed E-state index contributed by atoms with van der Waals surface area (Å²) in [6.45, 7) is 2.41. The molecule has 20 heavy (non-hydrogen) atoms. The van der Waals surface area contributed by atoms with Gasteiger partial charge in [0.05, 0.1) is 17.9 Å². The molecule has 0 aliphatic carbocycles. The molecule has 2 rings (SSSR count). The number of halogens is 1. The van der Waals surface area contributed by atoms with E-state index in [1.165, 1.54) is 0 Å². The van der Waals surface area contributed by atoms with Gasteiger partial charge in [0.15, 0.2) is 0 Å². The van der Waals surface area contributed by atoms with Crippen LogP contribution in [0.1, 0.15) is 17.3 Å². The molecule has 0 aliphatic rings. The van der Waals surface area contributed by atoms with Crippen molar-refractivity contribution in [1.82, 2.24) is 4.98 Å². The van der Waals surface area contributed by atoms with Gasteiger partial charge in [0.25, 0.3) is 5.91 Å². The molecular formula is C14H14BrN3O2. The van der Waals surface area contributed by atoms with E-state index in [0.29, 0.717) is 28.1 Å². The van der Waals surface area contributed by atoms with Crippen LogP contribution in [0.25, 0.3) is 0 Å². The Morgan fingerprint density at radius 1 is 1.45 bits per heavy atom. The molecule has 0 unspecified atom stereocenters. The van der Waals surface area contributed by atoms with E-state index in [0.717, 1.165) is 0 Å². The molecule has 0 radical (unpaired) electrons. The molecule has 0 aliphatic heterocycles. The van der Waals surface area contributed by atoms with Gasteiger partial charge >= 0.3 is 0 Å². The third-order valence-corrected chi connectivity index (χ3v) is 3.00. The number of ether oxygens (including phenoxy) is 1. The second-order valence-corrected chi connectivity index (χ2v) is 4.89. The van der Waals surface area contributed by atoms with Crippen molar-refractivity contribution in [3.63, 3.8) is 0 Å². The largest absolute Gasteiger partial charge is 0.492 e. The number of carbonyl (C=O) groups is 1. The third-order valence-electron chi connectivity index (χ3n) is 2.56. The average Bonchev–Trinajstić information content (AvgIpc) is 2.44. The summed E-state index contributed by atoms with van der Waals surface area (Å²) in [6.07, 6.45) is 1.54. The zero-order valence-electron chi connectivity index (χ0n) is 10.9. The highest BCUT2D eigenvalue weighted by atomic mass is 79.9. The van der Waals surface area contributed by atoms with Gasteiger partial charge in [-0.25, -0.2) is 4.98 Å². The number of hydrogen-bond donors (Lipinski definition) is 2. The lowest BCUT2D eigenvalue weighted by Gasteiger charge is -2.12. The standard InChI is InChI=1S/C14H14BrN3O2/c1-2-20-12-6-4-3-5-11(12)18-14(19)10-7-9(15)8-17-13(10)16/h3-8H,2H2,1H3,(H2,16,17)(H,18,19). The summed E-state index contributed by atoms with van der Waals surface area (Å²) in [6, 6.07) is 8.85. The molecule has 0 saturated heterocycles. The maximum Gasteiger partial charge on any atom is 0.259 e. The number of benzene rings is 1. The lowest BCUT2D eigenvalue weighted by molar-refractivity contribution is 0.102. The van der Waals surface area contributed by atoms with E-state index in [1.807, 2.05) is 19.1 Å². The maximum absolute atomic E-state index is 12.2. The fraction of sp³-hybridized carbons (Fsp3) is 0.143. The summed E-state index contributed by atoms with van der Waals surface area (Å²) < 4.78 is 6.15. The number of aromatic nitrogens is 1. The Morgan fingerprint density at radius 3 is 2.95 bits per heavy atom. The van der Waals surface area contributed by atoms with E-state index in [4.69, 9.17) is 10.5 Å². The number of rotatable bonds is 4. The zero-order valence-corrected chi connectivity index (χ0v) is 12.5. The van der Waals surface area contributed by atoms with E-state index in [1.54, 1.807) is 24.4 Å². The van der Waals surface area contributed by atoms with Crippen LogP contribution in [0.2, 0.25) is 0 Å². The van der Waals surface area contributed by atoms with E-state index in [9.17, 15) is 4.79 Å². The monoisotopic (exact) mass is 335 g/mol. The van der Waals surface area contributed by atoms with Crippen molar-refractivity contribution in [2.45, 2.75) is 6.92 Å². The van der Waals surface area contributed by atoms with Gasteiger partial charge in [-0.2, -0.15) is 0 Å². The van der Waals surface area contributed by atoms with Gasteiger partial charge in [0.2, 0.25) is 0 Å². The molecule has 5 nitrogen and oxygen atoms in total. The third kappa shape index (κ3) is 3.27. The molecule has 6 heteroatoms. The Labute approximate surface area is 125 Å². The highest BCUT2D eigenvalue weighted by molar-refractivity contribution is 9.10. The summed E-state index contributed by atoms with van der Waals surface area (Å²) in [5.41, 5.74) is 6.62. The second-order valence-electron chi connectivity index (χ2n) is 3.97. The number of carbonyl (C=O) groups excluding carboxylic acids is 1. The van der Waals surface area contributed by atoms with Gasteiger partial charge in [0, 0.05) is 10.7 Å². The van der Waals surface area contributed by atoms with Crippen LogP contribution in [-0.4, -0.2) is 17.5 Å². The predicted octanol–water partition coefficient (Wildman–Crippen LogP) is 3.08. The smallest absolute Gasteiger partial charge is 0.259 e. The Kier molecular flexibility index (Phi) is 4.57. The van der Waals surface area contributed by atoms with Gasteiger partial charge in [-0.3, -0.25) is 4.79 Å². The first kappa shape index (κ1) is 14.3. The number of nitrogens with one attached hydrogen (secondary N) is 1. The Bertz CT molecular complexity index is 632. The molecule has 0 fully saturated rings. The minimum atomic E-state index is -0.330. The van der Waals surface area contributed by atoms with E-state index >= 15 is 0 Å². The number of anilines is 2. The van der Waals surface area contributed by atoms with E-state index < -0.39 is 0 Å². The van der Waals surface area contributed by atoms with Crippen LogP contribution in [0.4, 0.5) is 11.5 Å². The first-order valence-electron chi connectivity index (χ1n) is 6.06. The molecule has 3 N–H and O–H groups in total. The van der Waals surface area contributed by atoms with E-state index in [2.05, 4.69) is 26.2 Å². The second kappa shape index (κ2) is 6.38. The maximum atomic E-state index is 12.2. The summed E-state index contributed by atoms with van der Waals surface area (Å²) in [5, 5.41) is 2.77. The van der Waals surface area contributed by atoms with Crippen LogP contribution in [0, 0.1) is 0 Å². The molecule has 0 bridgehead atoms. The summed E-state index contributed by atoms with van der Waals surface area (Å²) >= 11 is 3.27. The van der Waals surface area contributed by atoms with Crippen LogP contribution in [0.15, 0.2) is 41.0 Å². The average molecular weight is 336 g/mol. The fourth-order valence-corrected chi connectivity index (χ4v) is 2.00. The summed E-state index contributed by atoms with van der Waals surface area (Å²) in [5.74, 6) is 0.466. The Hall–Kier alpha value is -2.08. The molecule has 2 aromatic rings. The van der Waals surface area contributed by atoms with Gasteiger partial charge in [-0.1, -0.05) is 12.1 Å². The number of nitrogens with two attached hydrogens (primary N) is 1. The quantitative estimate of drug-likeness (QED) is 0.900. The van der Waals surface area contributed by atoms with Crippen LogP contribution < -0.4 is 15.8 Å². The first-order valence-corrected chi connectivity index (χ1v) is 6.85. The van der Waals surface area contributed by atoms with Crippen molar-refractivity contribution in [2.75, 3.05) is 17.7 Å². The molecule has 0 spiro atoms. The van der Waals surface area contributed by atoms with Gasteiger partial charge in [-0.05, 0) is 41.1 Å². The number of para-hydroxylation sites is 2. The number of nitrogens with zero attached hydrogens (tertiary/aromatic N) is 1. The first-order chi connectivity index (χ1) is 9.61. The lowest BCUT2D eigenvalue weighted by Crippen LogP contribution is -2.15. The lowest BCUT2D eigenvalue weighted by atomic mass is 10.2. The highest BCUT2D eigenvalue weighted by Crippen LogP contribution is 2.25. The molecule has 0 saturated carbocycles. The van der Waals surface area contributed by atoms with Crippen LogP contribution in [0.3, 0.4) is 0 Å². The van der Waals surface area contributed by atoms with Crippen molar-refractivity contribution in [2.24, 2.45) is 0 Å². The fourth-order valence-electron chi connectivity index (χ4n) is 1.67. The number of nitrogen functional groups attached to an aromatic ring is 1. The number of pyridine rings is 1. The van der Waals surface area contributed by atoms with Crippen molar-refractivity contribution in [3.8, 4) is 5.75 Å². The summed E-state index contributed by atoms with van der Waals surface area (Å²) in [7, 11) is 0. The van der Waals surface area contributed by atoms with Crippen LogP contribution in [-0.2, 0) is 0 Å². The minimum Gasteiger partial charge on any atom is -0.492 e. The normalized spacial score (nSPS) is 10.1. The van der Waals surface area contributed by atoms with Gasteiger partial charge in [0.1, 0.15) is 11.6 Å². The SMILES string of the molecule is CCOc1ccccc1NC(=O)c1cc(Br)cnc1N. The molecule has 0 atom stereocenters. The molecule has 104 valence electrons. The molecular weight excluding hydrogens is 322 g/mol. The zero-order chi connectivity index (χ0) is 14.5. The highest BCUT2D eigenvalue weighted by Gasteiger charge is 2.13. The topological polar surface area (TPSA) is 77.2 Å². The van der Waals surface area contributed by atoms with Crippen LogP contribution >= 0.6 is 15.9 Å². The minimum absolute atomic E-state index is 0.180. The molecule has 1 heterocycles. The molecule has 1 aromatic heterocycles. The van der Waals surface area contributed by atoms with Crippen molar-refractivity contribution >= 4 is 33.3 Å². The predicted molar refractivity (Wildman–Crippen MR) is 81.9 cm³/mol. The van der Waals surface area contributed by atoms with Crippen molar-refractivity contribution in [3.05, 3.63) is 46.6 Å². The van der Waals surface area contributed by atoms with E-state index in [-0.39, 0.29) is 11.7 Å². The van der Waals surface area contributed by atoms with Gasteiger partial charge in [-0.15, -0.1) is 0 Å². The van der Waals surface area contributed by atoms with Crippen molar-refractivity contribution in [1.29, 1.82) is 0 Å². The molecule has 1 amide bonds. The van der Waals surface area contributed by atoms with Gasteiger partial charge < -0.3 is 15.8 Å². The van der Waals surface area contributed by atoms with Crippen molar-refractivity contribution < 1.29 is 9.53 Å². The number of hydrogen-bond acceptors (Lipinski definition) is 4. The Balaban J connectivity index is 2.26. The van der Waals surface area contributed by atoms with Crippen LogP contribution in [0.5, 0.6) is 5.75 Å². The number of amides is 1. The summed E-state index contributed by atoms with van der Waals surface area (Å²) in [4.78, 5) is 16.2. The Morgan fingerprint density at radius 2 is 2.20 bits per heavy atom.